The molecule has 2 aromatic rings. The highest BCUT2D eigenvalue weighted by Crippen LogP contribution is 2.22. The molecule has 30 heavy (non-hydrogen) atoms. The molecule has 8 heteroatoms. The SMILES string of the molecule is COc1cccc(C(CNC(=O)c2cccc(S(=O)(=O)N(C)C(C)C)c2)N(C)C)c1. The van der Waals surface area contributed by atoms with Gasteiger partial charge in [-0.15, -0.1) is 0 Å². The molecular formula is C22H31N3O4S. The molecule has 0 radical (unpaired) electrons. The maximum Gasteiger partial charge on any atom is 0.251 e. The lowest BCUT2D eigenvalue weighted by Crippen LogP contribution is -2.35. The molecule has 0 saturated heterocycles. The van der Waals surface area contributed by atoms with Crippen molar-refractivity contribution in [1.82, 2.24) is 14.5 Å². The predicted octanol–water partition coefficient (Wildman–Crippen LogP) is 2.76. The van der Waals surface area contributed by atoms with Crippen molar-refractivity contribution in [2.75, 3.05) is 34.8 Å². The monoisotopic (exact) mass is 433 g/mol. The van der Waals surface area contributed by atoms with Crippen molar-refractivity contribution < 1.29 is 17.9 Å². The molecule has 0 saturated carbocycles. The minimum Gasteiger partial charge on any atom is -0.497 e. The fraction of sp³-hybridized carbons (Fsp3) is 0.409. The maximum absolute atomic E-state index is 12.7. The Morgan fingerprint density at radius 1 is 1.07 bits per heavy atom. The van der Waals surface area contributed by atoms with Crippen LogP contribution in [0.1, 0.15) is 35.8 Å². The van der Waals surface area contributed by atoms with Crippen LogP contribution in [0.2, 0.25) is 0 Å². The minimum atomic E-state index is -3.66. The molecule has 164 valence electrons. The van der Waals surface area contributed by atoms with Gasteiger partial charge < -0.3 is 15.0 Å². The average Bonchev–Trinajstić information content (AvgIpc) is 2.73. The van der Waals surface area contributed by atoms with E-state index in [1.165, 1.54) is 23.5 Å². The summed E-state index contributed by atoms with van der Waals surface area (Å²) in [5.74, 6) is 0.423. The Morgan fingerprint density at radius 2 is 1.73 bits per heavy atom. The van der Waals surface area contributed by atoms with Crippen molar-refractivity contribution in [3.63, 3.8) is 0 Å². The van der Waals surface area contributed by atoms with Crippen LogP contribution in [0.25, 0.3) is 0 Å². The lowest BCUT2D eigenvalue weighted by atomic mass is 10.1. The highest BCUT2D eigenvalue weighted by molar-refractivity contribution is 7.89. The number of nitrogens with one attached hydrogen (secondary N) is 1. The van der Waals surface area contributed by atoms with Crippen LogP contribution in [0.3, 0.4) is 0 Å². The largest absolute Gasteiger partial charge is 0.497 e. The van der Waals surface area contributed by atoms with E-state index in [9.17, 15) is 13.2 Å². The second-order valence-electron chi connectivity index (χ2n) is 7.61. The van der Waals surface area contributed by atoms with E-state index in [-0.39, 0.29) is 22.9 Å². The second-order valence-corrected chi connectivity index (χ2v) is 9.61. The molecular weight excluding hydrogens is 402 g/mol. The van der Waals surface area contributed by atoms with E-state index in [0.717, 1.165) is 11.3 Å². The van der Waals surface area contributed by atoms with Gasteiger partial charge in [0.05, 0.1) is 18.0 Å². The van der Waals surface area contributed by atoms with Gasteiger partial charge in [-0.25, -0.2) is 8.42 Å². The number of rotatable bonds is 9. The van der Waals surface area contributed by atoms with Crippen molar-refractivity contribution >= 4 is 15.9 Å². The first kappa shape index (κ1) is 23.9. The Bertz CT molecular complexity index is 974. The van der Waals surface area contributed by atoms with Crippen molar-refractivity contribution in [2.24, 2.45) is 0 Å². The molecule has 0 aliphatic rings. The molecule has 7 nitrogen and oxygen atoms in total. The summed E-state index contributed by atoms with van der Waals surface area (Å²) in [5.41, 5.74) is 1.31. The summed E-state index contributed by atoms with van der Waals surface area (Å²) in [6.45, 7) is 3.96. The summed E-state index contributed by atoms with van der Waals surface area (Å²) < 4.78 is 32.0. The van der Waals surface area contributed by atoms with Crippen molar-refractivity contribution in [1.29, 1.82) is 0 Å². The van der Waals surface area contributed by atoms with E-state index in [1.807, 2.05) is 43.3 Å². The fourth-order valence-electron chi connectivity index (χ4n) is 2.98. The van der Waals surface area contributed by atoms with Gasteiger partial charge >= 0.3 is 0 Å². The van der Waals surface area contributed by atoms with Gasteiger partial charge in [-0.05, 0) is 63.8 Å². The summed E-state index contributed by atoms with van der Waals surface area (Å²) in [6.07, 6.45) is 0. The Balaban J connectivity index is 2.19. The van der Waals surface area contributed by atoms with E-state index in [2.05, 4.69) is 5.32 Å². The molecule has 2 aromatic carbocycles. The third-order valence-corrected chi connectivity index (χ3v) is 7.09. The van der Waals surface area contributed by atoms with E-state index in [0.29, 0.717) is 12.1 Å². The van der Waals surface area contributed by atoms with Crippen LogP contribution < -0.4 is 10.1 Å². The number of ether oxygens (including phenoxy) is 1. The summed E-state index contributed by atoms with van der Waals surface area (Å²) >= 11 is 0. The lowest BCUT2D eigenvalue weighted by molar-refractivity contribution is 0.0941. The number of sulfonamides is 1. The van der Waals surface area contributed by atoms with Crippen LogP contribution in [0, 0.1) is 0 Å². The Morgan fingerprint density at radius 3 is 2.33 bits per heavy atom. The molecule has 1 N–H and O–H groups in total. The first-order chi connectivity index (χ1) is 14.1. The topological polar surface area (TPSA) is 78.9 Å². The zero-order chi connectivity index (χ0) is 22.5. The zero-order valence-corrected chi connectivity index (χ0v) is 19.2. The number of amides is 1. The molecule has 0 fully saturated rings. The Labute approximate surface area is 179 Å². The molecule has 0 aliphatic carbocycles. The van der Waals surface area contributed by atoms with Crippen LogP contribution in [0.5, 0.6) is 5.75 Å². The predicted molar refractivity (Wildman–Crippen MR) is 118 cm³/mol. The van der Waals surface area contributed by atoms with Gasteiger partial charge in [0.15, 0.2) is 0 Å². The average molecular weight is 434 g/mol. The van der Waals surface area contributed by atoms with Crippen LogP contribution in [-0.2, 0) is 10.0 Å². The smallest absolute Gasteiger partial charge is 0.251 e. The number of hydrogen-bond acceptors (Lipinski definition) is 5. The van der Waals surface area contributed by atoms with Crippen LogP contribution in [0.15, 0.2) is 53.4 Å². The van der Waals surface area contributed by atoms with E-state index in [1.54, 1.807) is 33.1 Å². The summed E-state index contributed by atoms with van der Waals surface area (Å²) in [6, 6.07) is 13.6. The Hall–Kier alpha value is -2.42. The van der Waals surface area contributed by atoms with Gasteiger partial charge in [0, 0.05) is 25.2 Å². The van der Waals surface area contributed by atoms with Gasteiger partial charge in [-0.2, -0.15) is 4.31 Å². The summed E-state index contributed by atoms with van der Waals surface area (Å²) in [5, 5.41) is 2.92. The zero-order valence-electron chi connectivity index (χ0n) is 18.4. The standard InChI is InChI=1S/C22H31N3O4S/c1-16(2)25(5)30(27,28)20-12-8-10-18(14-20)22(26)23-15-21(24(3)4)17-9-7-11-19(13-17)29-6/h7-14,16,21H,15H2,1-6H3,(H,23,26). The third kappa shape index (κ3) is 5.59. The number of methoxy groups -OCH3 is 1. The molecule has 0 heterocycles. The van der Waals surface area contributed by atoms with E-state index < -0.39 is 10.0 Å². The highest BCUT2D eigenvalue weighted by Gasteiger charge is 2.24. The number of nitrogens with zero attached hydrogens (tertiary/aromatic N) is 2. The summed E-state index contributed by atoms with van der Waals surface area (Å²) in [7, 11) is 3.36. The lowest BCUT2D eigenvalue weighted by Gasteiger charge is -2.25. The highest BCUT2D eigenvalue weighted by atomic mass is 32.2. The Kier molecular flexibility index (Phi) is 8.00. The third-order valence-electron chi connectivity index (χ3n) is 5.06. The van der Waals surface area contributed by atoms with Crippen molar-refractivity contribution in [3.8, 4) is 5.75 Å². The molecule has 0 aromatic heterocycles. The van der Waals surface area contributed by atoms with Gasteiger partial charge in [-0.1, -0.05) is 18.2 Å². The number of benzene rings is 2. The molecule has 0 spiro atoms. The maximum atomic E-state index is 12.7. The van der Waals surface area contributed by atoms with E-state index in [4.69, 9.17) is 4.74 Å². The van der Waals surface area contributed by atoms with Gasteiger partial charge in [0.25, 0.3) is 5.91 Å². The van der Waals surface area contributed by atoms with Crippen LogP contribution in [-0.4, -0.2) is 64.4 Å². The molecule has 0 bridgehead atoms. The van der Waals surface area contributed by atoms with Crippen LogP contribution in [0.4, 0.5) is 0 Å². The molecule has 1 amide bonds. The number of carbonyl (C=O) groups is 1. The normalized spacial score (nSPS) is 13.0. The first-order valence-electron chi connectivity index (χ1n) is 9.74. The number of hydrogen-bond donors (Lipinski definition) is 1. The van der Waals surface area contributed by atoms with Crippen LogP contribution >= 0.6 is 0 Å². The first-order valence-corrected chi connectivity index (χ1v) is 11.2. The number of likely N-dealkylation sites (N-methyl/N-ethyl adjacent to an activating group) is 1. The van der Waals surface area contributed by atoms with Gasteiger partial charge in [-0.3, -0.25) is 4.79 Å². The van der Waals surface area contributed by atoms with Crippen molar-refractivity contribution in [3.05, 3.63) is 59.7 Å². The minimum absolute atomic E-state index is 0.0666. The van der Waals surface area contributed by atoms with Crippen molar-refractivity contribution in [2.45, 2.75) is 30.8 Å². The van der Waals surface area contributed by atoms with Gasteiger partial charge in [0.2, 0.25) is 10.0 Å². The fourth-order valence-corrected chi connectivity index (χ4v) is 4.39. The molecule has 0 aliphatic heterocycles. The summed E-state index contributed by atoms with van der Waals surface area (Å²) in [4.78, 5) is 14.9. The molecule has 1 atom stereocenters. The number of carbonyl (C=O) groups excluding carboxylic acids is 1. The van der Waals surface area contributed by atoms with E-state index >= 15 is 0 Å². The van der Waals surface area contributed by atoms with Gasteiger partial charge in [0.1, 0.15) is 5.75 Å². The quantitative estimate of drug-likeness (QED) is 0.658. The molecule has 1 unspecified atom stereocenters. The molecule has 2 rings (SSSR count). The second kappa shape index (κ2) is 10.1.